The second-order valence-electron chi connectivity index (χ2n) is 2.87. The van der Waals surface area contributed by atoms with Crippen LogP contribution in [0, 0.1) is 0 Å². The van der Waals surface area contributed by atoms with E-state index in [1.165, 1.54) is 0 Å². The molecule has 66 valence electrons. The monoisotopic (exact) mass is 166 g/mol. The predicted octanol–water partition coefficient (Wildman–Crippen LogP) is 1.62. The molecule has 1 aromatic carbocycles. The van der Waals surface area contributed by atoms with E-state index in [0.29, 0.717) is 5.56 Å². The number of aryl methyl sites for hydroxylation is 1. The SMILES string of the molecule is CCCc1cccc(C(O)O)c1. The first-order valence-electron chi connectivity index (χ1n) is 4.19. The first-order valence-corrected chi connectivity index (χ1v) is 4.19. The van der Waals surface area contributed by atoms with E-state index in [0.717, 1.165) is 18.4 Å². The first-order chi connectivity index (χ1) is 5.74. The van der Waals surface area contributed by atoms with Crippen LogP contribution >= 0.6 is 0 Å². The van der Waals surface area contributed by atoms with Crippen molar-refractivity contribution in [2.24, 2.45) is 0 Å². The van der Waals surface area contributed by atoms with Gasteiger partial charge in [-0.3, -0.25) is 0 Å². The topological polar surface area (TPSA) is 40.5 Å². The molecule has 2 N–H and O–H groups in total. The van der Waals surface area contributed by atoms with Crippen molar-refractivity contribution in [3.05, 3.63) is 35.4 Å². The molecule has 0 aliphatic rings. The zero-order valence-corrected chi connectivity index (χ0v) is 7.20. The molecule has 0 saturated heterocycles. The zero-order chi connectivity index (χ0) is 8.97. The van der Waals surface area contributed by atoms with Crippen molar-refractivity contribution in [2.75, 3.05) is 0 Å². The lowest BCUT2D eigenvalue weighted by Crippen LogP contribution is -1.95. The summed E-state index contributed by atoms with van der Waals surface area (Å²) >= 11 is 0. The molecule has 1 rings (SSSR count). The molecule has 0 amide bonds. The normalized spacial score (nSPS) is 10.7. The summed E-state index contributed by atoms with van der Waals surface area (Å²) in [4.78, 5) is 0. The number of rotatable bonds is 3. The maximum Gasteiger partial charge on any atom is 0.178 e. The average Bonchev–Trinajstić information content (AvgIpc) is 2.05. The molecule has 0 fully saturated rings. The van der Waals surface area contributed by atoms with Crippen molar-refractivity contribution in [1.29, 1.82) is 0 Å². The summed E-state index contributed by atoms with van der Waals surface area (Å²) in [7, 11) is 0. The van der Waals surface area contributed by atoms with Gasteiger partial charge in [0, 0.05) is 5.56 Å². The number of aliphatic hydroxyl groups excluding tert-OH is 1. The molecular formula is C10H14O2. The summed E-state index contributed by atoms with van der Waals surface area (Å²) in [5.74, 6) is 0. The largest absolute Gasteiger partial charge is 0.364 e. The Kier molecular flexibility index (Phi) is 3.26. The van der Waals surface area contributed by atoms with Crippen LogP contribution in [0.2, 0.25) is 0 Å². The van der Waals surface area contributed by atoms with E-state index in [-0.39, 0.29) is 0 Å². The highest BCUT2D eigenvalue weighted by Crippen LogP contribution is 2.12. The second-order valence-corrected chi connectivity index (χ2v) is 2.87. The van der Waals surface area contributed by atoms with Gasteiger partial charge in [-0.25, -0.2) is 0 Å². The molecule has 2 heteroatoms. The maximum absolute atomic E-state index is 8.87. The van der Waals surface area contributed by atoms with Crippen LogP contribution in [0.5, 0.6) is 0 Å². The molecule has 0 bridgehead atoms. The van der Waals surface area contributed by atoms with Crippen LogP contribution in [-0.2, 0) is 6.42 Å². The van der Waals surface area contributed by atoms with Crippen LogP contribution in [0.3, 0.4) is 0 Å². The van der Waals surface area contributed by atoms with Gasteiger partial charge in [0.1, 0.15) is 0 Å². The van der Waals surface area contributed by atoms with Gasteiger partial charge in [0.2, 0.25) is 0 Å². The third-order valence-corrected chi connectivity index (χ3v) is 1.79. The molecule has 0 aliphatic heterocycles. The fourth-order valence-corrected chi connectivity index (χ4v) is 1.20. The Morgan fingerprint density at radius 3 is 2.67 bits per heavy atom. The second kappa shape index (κ2) is 4.24. The molecule has 0 radical (unpaired) electrons. The lowest BCUT2D eigenvalue weighted by atomic mass is 10.1. The van der Waals surface area contributed by atoms with Gasteiger partial charge in [0.05, 0.1) is 0 Å². The van der Waals surface area contributed by atoms with Crippen molar-refractivity contribution < 1.29 is 10.2 Å². The molecule has 0 aliphatic carbocycles. The lowest BCUT2D eigenvalue weighted by Gasteiger charge is -2.05. The van der Waals surface area contributed by atoms with E-state index in [1.807, 2.05) is 18.2 Å². The minimum atomic E-state index is -1.35. The van der Waals surface area contributed by atoms with Crippen LogP contribution in [0.25, 0.3) is 0 Å². The molecule has 0 atom stereocenters. The Balaban J connectivity index is 2.81. The van der Waals surface area contributed by atoms with E-state index in [2.05, 4.69) is 6.92 Å². The molecule has 0 aromatic heterocycles. The van der Waals surface area contributed by atoms with Crippen molar-refractivity contribution in [2.45, 2.75) is 26.1 Å². The molecule has 2 nitrogen and oxygen atoms in total. The van der Waals surface area contributed by atoms with Crippen molar-refractivity contribution in [3.8, 4) is 0 Å². The number of benzene rings is 1. The van der Waals surface area contributed by atoms with Crippen LogP contribution in [-0.4, -0.2) is 10.2 Å². The van der Waals surface area contributed by atoms with E-state index in [4.69, 9.17) is 10.2 Å². The quantitative estimate of drug-likeness (QED) is 0.670. The average molecular weight is 166 g/mol. The third-order valence-electron chi connectivity index (χ3n) is 1.79. The molecule has 0 saturated carbocycles. The summed E-state index contributed by atoms with van der Waals surface area (Å²) in [6.07, 6.45) is 0.715. The van der Waals surface area contributed by atoms with E-state index in [9.17, 15) is 0 Å². The molecule has 0 spiro atoms. The highest BCUT2D eigenvalue weighted by atomic mass is 16.5. The Morgan fingerprint density at radius 2 is 2.08 bits per heavy atom. The summed E-state index contributed by atoms with van der Waals surface area (Å²) in [6.45, 7) is 2.10. The fraction of sp³-hybridized carbons (Fsp3) is 0.400. The standard InChI is InChI=1S/C10H14O2/c1-2-4-8-5-3-6-9(7-8)10(11)12/h3,5-7,10-12H,2,4H2,1H3. The minimum absolute atomic E-state index is 0.570. The number of aliphatic hydroxyl groups is 2. The molecular weight excluding hydrogens is 152 g/mol. The highest BCUT2D eigenvalue weighted by molar-refractivity contribution is 5.24. The van der Waals surface area contributed by atoms with E-state index < -0.39 is 6.29 Å². The third kappa shape index (κ3) is 2.32. The van der Waals surface area contributed by atoms with Crippen LogP contribution in [0.4, 0.5) is 0 Å². The Hall–Kier alpha value is -0.860. The van der Waals surface area contributed by atoms with E-state index >= 15 is 0 Å². The van der Waals surface area contributed by atoms with Gasteiger partial charge in [0.15, 0.2) is 6.29 Å². The zero-order valence-electron chi connectivity index (χ0n) is 7.20. The van der Waals surface area contributed by atoms with Crippen molar-refractivity contribution >= 4 is 0 Å². The molecule has 0 unspecified atom stereocenters. The summed E-state index contributed by atoms with van der Waals surface area (Å²) in [5, 5.41) is 17.7. The van der Waals surface area contributed by atoms with Gasteiger partial charge in [-0.15, -0.1) is 0 Å². The summed E-state index contributed by atoms with van der Waals surface area (Å²) in [6, 6.07) is 7.38. The van der Waals surface area contributed by atoms with Gasteiger partial charge < -0.3 is 10.2 Å². The van der Waals surface area contributed by atoms with Crippen molar-refractivity contribution in [3.63, 3.8) is 0 Å². The minimum Gasteiger partial charge on any atom is -0.364 e. The smallest absolute Gasteiger partial charge is 0.178 e. The van der Waals surface area contributed by atoms with E-state index in [1.54, 1.807) is 6.07 Å². The maximum atomic E-state index is 8.87. The fourth-order valence-electron chi connectivity index (χ4n) is 1.20. The van der Waals surface area contributed by atoms with Crippen LogP contribution in [0.1, 0.15) is 30.8 Å². The summed E-state index contributed by atoms with van der Waals surface area (Å²) < 4.78 is 0. The molecule has 1 aromatic rings. The lowest BCUT2D eigenvalue weighted by molar-refractivity contribution is -0.0425. The molecule has 12 heavy (non-hydrogen) atoms. The summed E-state index contributed by atoms with van der Waals surface area (Å²) in [5.41, 5.74) is 1.73. The molecule has 0 heterocycles. The van der Waals surface area contributed by atoms with Gasteiger partial charge in [-0.05, 0) is 12.0 Å². The van der Waals surface area contributed by atoms with Crippen LogP contribution in [0.15, 0.2) is 24.3 Å². The number of hydrogen-bond donors (Lipinski definition) is 2. The Labute approximate surface area is 72.5 Å². The van der Waals surface area contributed by atoms with Crippen LogP contribution < -0.4 is 0 Å². The number of hydrogen-bond acceptors (Lipinski definition) is 2. The predicted molar refractivity (Wildman–Crippen MR) is 47.6 cm³/mol. The van der Waals surface area contributed by atoms with Gasteiger partial charge in [0.25, 0.3) is 0 Å². The van der Waals surface area contributed by atoms with Gasteiger partial charge in [-0.1, -0.05) is 37.6 Å². The van der Waals surface area contributed by atoms with Gasteiger partial charge >= 0.3 is 0 Å². The highest BCUT2D eigenvalue weighted by Gasteiger charge is 2.01. The Bertz CT molecular complexity index is 243. The first kappa shape index (κ1) is 9.23. The Morgan fingerprint density at radius 1 is 1.33 bits per heavy atom. The van der Waals surface area contributed by atoms with Crippen molar-refractivity contribution in [1.82, 2.24) is 0 Å². The van der Waals surface area contributed by atoms with Gasteiger partial charge in [-0.2, -0.15) is 0 Å².